The number of amides is 1. The number of nitrogens with zero attached hydrogens (tertiary/aromatic N) is 1. The highest BCUT2D eigenvalue weighted by atomic mass is 16.5. The van der Waals surface area contributed by atoms with E-state index in [0.717, 1.165) is 44.2 Å². The van der Waals surface area contributed by atoms with Crippen LogP contribution in [-0.4, -0.2) is 51.2 Å². The molecule has 3 rings (SSSR count). The third kappa shape index (κ3) is 4.31. The minimum absolute atomic E-state index is 0.0856. The number of rotatable bonds is 5. The van der Waals surface area contributed by atoms with Crippen LogP contribution >= 0.6 is 0 Å². The molecule has 1 amide bonds. The van der Waals surface area contributed by atoms with Gasteiger partial charge in [0.05, 0.1) is 40.4 Å². The molecule has 0 unspecified atom stereocenters. The molecule has 0 aliphatic carbocycles. The van der Waals surface area contributed by atoms with Gasteiger partial charge in [-0.05, 0) is 42.5 Å². The van der Waals surface area contributed by atoms with Crippen molar-refractivity contribution in [1.29, 1.82) is 0 Å². The second-order valence-electron chi connectivity index (χ2n) is 6.30. The maximum atomic E-state index is 12.7. The van der Waals surface area contributed by atoms with Gasteiger partial charge in [-0.15, -0.1) is 0 Å². The number of benzene rings is 2. The van der Waals surface area contributed by atoms with Crippen LogP contribution in [-0.2, 0) is 6.54 Å². The number of hydrogen-bond donors (Lipinski definition) is 1. The van der Waals surface area contributed by atoms with Gasteiger partial charge in [0.15, 0.2) is 0 Å². The quantitative estimate of drug-likeness (QED) is 0.890. The Kier molecular flexibility index (Phi) is 5.56. The maximum absolute atomic E-state index is 12.7. The number of methoxy groups -OCH3 is 2. The smallest absolute Gasteiger partial charge is 0.254 e. The third-order valence-corrected chi connectivity index (χ3v) is 4.69. The second-order valence-corrected chi connectivity index (χ2v) is 6.30. The molecule has 2 aromatic rings. The molecule has 0 radical (unpaired) electrons. The van der Waals surface area contributed by atoms with Crippen LogP contribution in [0.5, 0.6) is 11.5 Å². The van der Waals surface area contributed by atoms with Gasteiger partial charge in [0.25, 0.3) is 5.91 Å². The highest BCUT2D eigenvalue weighted by Gasteiger charge is 2.24. The monoisotopic (exact) mass is 341 g/mol. The van der Waals surface area contributed by atoms with Crippen LogP contribution in [0.15, 0.2) is 48.5 Å². The molecule has 2 aromatic carbocycles. The van der Waals surface area contributed by atoms with Crippen LogP contribution in [0, 0.1) is 0 Å². The van der Waals surface area contributed by atoms with Crippen molar-refractivity contribution in [3.8, 4) is 11.5 Å². The second kappa shape index (κ2) is 8.03. The summed E-state index contributed by atoms with van der Waals surface area (Å²) < 4.78 is 10.4. The molecular formula is C20H25N2O3+. The molecule has 0 saturated carbocycles. The Morgan fingerprint density at radius 2 is 1.68 bits per heavy atom. The maximum Gasteiger partial charge on any atom is 0.254 e. The van der Waals surface area contributed by atoms with E-state index in [2.05, 4.69) is 12.1 Å². The first-order valence-corrected chi connectivity index (χ1v) is 8.59. The highest BCUT2D eigenvalue weighted by Crippen LogP contribution is 2.14. The Morgan fingerprint density at radius 3 is 2.32 bits per heavy atom. The number of carbonyl (C=O) groups is 1. The van der Waals surface area contributed by atoms with Crippen molar-refractivity contribution in [1.82, 2.24) is 4.90 Å². The molecular weight excluding hydrogens is 316 g/mol. The summed E-state index contributed by atoms with van der Waals surface area (Å²) in [5.74, 6) is 1.68. The van der Waals surface area contributed by atoms with Gasteiger partial charge >= 0.3 is 0 Å². The number of quaternary nitrogens is 1. The molecule has 1 aliphatic heterocycles. The SMILES string of the molecule is COc1ccc(C[NH+]2CCN(C(=O)c3cccc(OC)c3)CC2)cc1. The summed E-state index contributed by atoms with van der Waals surface area (Å²) in [6, 6.07) is 15.6. The Morgan fingerprint density at radius 1 is 1.00 bits per heavy atom. The van der Waals surface area contributed by atoms with Gasteiger partial charge < -0.3 is 19.3 Å². The Balaban J connectivity index is 1.54. The van der Waals surface area contributed by atoms with E-state index in [-0.39, 0.29) is 5.91 Å². The lowest BCUT2D eigenvalue weighted by molar-refractivity contribution is -0.917. The summed E-state index contributed by atoms with van der Waals surface area (Å²) >= 11 is 0. The predicted molar refractivity (Wildman–Crippen MR) is 96.3 cm³/mol. The Labute approximate surface area is 148 Å². The van der Waals surface area contributed by atoms with Crippen LogP contribution in [0.1, 0.15) is 15.9 Å². The normalized spacial score (nSPS) is 15.0. The fourth-order valence-electron chi connectivity index (χ4n) is 3.17. The van der Waals surface area contributed by atoms with Gasteiger partial charge in [0, 0.05) is 11.1 Å². The molecule has 1 saturated heterocycles. The van der Waals surface area contributed by atoms with E-state index in [4.69, 9.17) is 9.47 Å². The van der Waals surface area contributed by atoms with Gasteiger partial charge in [-0.3, -0.25) is 4.79 Å². The summed E-state index contributed by atoms with van der Waals surface area (Å²) in [4.78, 5) is 16.1. The average Bonchev–Trinajstić information content (AvgIpc) is 2.68. The zero-order valence-electron chi connectivity index (χ0n) is 14.8. The van der Waals surface area contributed by atoms with Crippen molar-refractivity contribution in [2.45, 2.75) is 6.54 Å². The Hall–Kier alpha value is -2.53. The van der Waals surface area contributed by atoms with Gasteiger partial charge in [-0.1, -0.05) is 6.07 Å². The molecule has 0 spiro atoms. The molecule has 0 aromatic heterocycles. The van der Waals surface area contributed by atoms with E-state index >= 15 is 0 Å². The molecule has 0 bridgehead atoms. The topological polar surface area (TPSA) is 43.2 Å². The summed E-state index contributed by atoms with van der Waals surface area (Å²) in [5.41, 5.74) is 1.99. The van der Waals surface area contributed by atoms with Crippen molar-refractivity contribution in [2.24, 2.45) is 0 Å². The molecule has 1 aliphatic rings. The first-order valence-electron chi connectivity index (χ1n) is 8.59. The fraction of sp³-hybridized carbons (Fsp3) is 0.350. The molecule has 1 heterocycles. The lowest BCUT2D eigenvalue weighted by Gasteiger charge is -2.32. The van der Waals surface area contributed by atoms with Crippen LogP contribution in [0.4, 0.5) is 0 Å². The van der Waals surface area contributed by atoms with Crippen molar-refractivity contribution in [2.75, 3.05) is 40.4 Å². The van der Waals surface area contributed by atoms with E-state index in [1.165, 1.54) is 10.5 Å². The first-order chi connectivity index (χ1) is 12.2. The van der Waals surface area contributed by atoms with E-state index in [1.54, 1.807) is 20.3 Å². The number of piperazine rings is 1. The van der Waals surface area contributed by atoms with Crippen molar-refractivity contribution in [3.63, 3.8) is 0 Å². The zero-order chi connectivity index (χ0) is 17.6. The number of hydrogen-bond acceptors (Lipinski definition) is 3. The largest absolute Gasteiger partial charge is 0.497 e. The third-order valence-electron chi connectivity index (χ3n) is 4.69. The molecule has 0 atom stereocenters. The van der Waals surface area contributed by atoms with Gasteiger partial charge in [-0.2, -0.15) is 0 Å². The average molecular weight is 341 g/mol. The van der Waals surface area contributed by atoms with Crippen LogP contribution in [0.3, 0.4) is 0 Å². The lowest BCUT2D eigenvalue weighted by atomic mass is 10.1. The van der Waals surface area contributed by atoms with E-state index < -0.39 is 0 Å². The van der Waals surface area contributed by atoms with Crippen LogP contribution in [0.2, 0.25) is 0 Å². The number of ether oxygens (including phenoxy) is 2. The summed E-state index contributed by atoms with van der Waals surface area (Å²) in [6.45, 7) is 4.46. The first kappa shape index (κ1) is 17.3. The molecule has 1 fully saturated rings. The molecule has 132 valence electrons. The zero-order valence-corrected chi connectivity index (χ0v) is 14.8. The molecule has 1 N–H and O–H groups in total. The number of nitrogens with one attached hydrogen (secondary N) is 1. The predicted octanol–water partition coefficient (Wildman–Crippen LogP) is 1.24. The van der Waals surface area contributed by atoms with Gasteiger partial charge in [0.2, 0.25) is 0 Å². The molecule has 25 heavy (non-hydrogen) atoms. The minimum Gasteiger partial charge on any atom is -0.497 e. The van der Waals surface area contributed by atoms with Crippen molar-refractivity contribution in [3.05, 3.63) is 59.7 Å². The minimum atomic E-state index is 0.0856. The van der Waals surface area contributed by atoms with Crippen molar-refractivity contribution >= 4 is 5.91 Å². The van der Waals surface area contributed by atoms with E-state index in [9.17, 15) is 4.79 Å². The van der Waals surface area contributed by atoms with Gasteiger partial charge in [0.1, 0.15) is 18.0 Å². The van der Waals surface area contributed by atoms with E-state index in [1.807, 2.05) is 35.2 Å². The van der Waals surface area contributed by atoms with E-state index in [0.29, 0.717) is 5.56 Å². The Bertz CT molecular complexity index is 707. The van der Waals surface area contributed by atoms with Crippen LogP contribution in [0.25, 0.3) is 0 Å². The molecule has 5 heteroatoms. The summed E-state index contributed by atoms with van der Waals surface area (Å²) in [7, 11) is 3.30. The van der Waals surface area contributed by atoms with Crippen molar-refractivity contribution < 1.29 is 19.2 Å². The highest BCUT2D eigenvalue weighted by molar-refractivity contribution is 5.94. The fourth-order valence-corrected chi connectivity index (χ4v) is 3.17. The standard InChI is InChI=1S/C20H24N2O3/c1-24-18-8-6-16(7-9-18)15-21-10-12-22(13-11-21)20(23)17-4-3-5-19(14-17)25-2/h3-9,14H,10-13,15H2,1-2H3/p+1. The lowest BCUT2D eigenvalue weighted by Crippen LogP contribution is -3.13. The van der Waals surface area contributed by atoms with Crippen LogP contribution < -0.4 is 14.4 Å². The molecule has 5 nitrogen and oxygen atoms in total. The van der Waals surface area contributed by atoms with Gasteiger partial charge in [-0.25, -0.2) is 0 Å². The summed E-state index contributed by atoms with van der Waals surface area (Å²) in [6.07, 6.45) is 0. The number of carbonyl (C=O) groups excluding carboxylic acids is 1. The summed E-state index contributed by atoms with van der Waals surface area (Å²) in [5, 5.41) is 0.